The van der Waals surface area contributed by atoms with Crippen molar-refractivity contribution in [3.63, 3.8) is 0 Å². The third kappa shape index (κ3) is 1.82. The van der Waals surface area contributed by atoms with Crippen LogP contribution in [0.15, 0.2) is 0 Å². The molecule has 2 rings (SSSR count). The van der Waals surface area contributed by atoms with E-state index in [1.807, 2.05) is 0 Å². The molecule has 0 atom stereocenters. The van der Waals surface area contributed by atoms with Gasteiger partial charge in [0.1, 0.15) is 5.82 Å². The zero-order valence-corrected chi connectivity index (χ0v) is 10.4. The van der Waals surface area contributed by atoms with Crippen LogP contribution in [0, 0.1) is 40.7 Å². The van der Waals surface area contributed by atoms with Gasteiger partial charge in [0.2, 0.25) is 0 Å². The van der Waals surface area contributed by atoms with Crippen LogP contribution in [0.2, 0.25) is 5.79 Å². The summed E-state index contributed by atoms with van der Waals surface area (Å²) in [6.45, 7) is 0. The summed E-state index contributed by atoms with van der Waals surface area (Å²) in [5.74, 6) is -13.0. The molecule has 0 amide bonds. The molecule has 0 aliphatic carbocycles. The van der Waals surface area contributed by atoms with Crippen molar-refractivity contribution in [2.75, 3.05) is 0 Å². The van der Waals surface area contributed by atoms with Crippen molar-refractivity contribution in [2.45, 2.75) is 5.79 Å². The summed E-state index contributed by atoms with van der Waals surface area (Å²) < 4.78 is 92.5. The second kappa shape index (κ2) is 4.69. The maximum Gasteiger partial charge on any atom is 0.198 e. The van der Waals surface area contributed by atoms with Crippen molar-refractivity contribution in [3.05, 3.63) is 40.7 Å². The molecule has 0 bridgehead atoms. The first-order valence-electron chi connectivity index (χ1n) is 4.94. The molecule has 0 aromatic heterocycles. The fourth-order valence-corrected chi connectivity index (χ4v) is 2.74. The molecular formula is C11H3AlF7-. The third-order valence-electron chi connectivity index (χ3n) is 2.67. The van der Waals surface area contributed by atoms with E-state index in [2.05, 4.69) is 0 Å². The van der Waals surface area contributed by atoms with Crippen LogP contribution >= 0.6 is 0 Å². The topological polar surface area (TPSA) is 0 Å². The van der Waals surface area contributed by atoms with Gasteiger partial charge in [-0.05, 0) is 5.39 Å². The quantitative estimate of drug-likeness (QED) is 0.328. The molecule has 0 spiro atoms. The Kier molecular flexibility index (Phi) is 3.50. The molecule has 2 aromatic carbocycles. The summed E-state index contributed by atoms with van der Waals surface area (Å²) in [6, 6.07) is 0. The Morgan fingerprint density at radius 3 is 1.32 bits per heavy atom. The molecule has 2 aromatic rings. The highest BCUT2D eigenvalue weighted by Crippen LogP contribution is 2.30. The molecule has 0 aliphatic rings. The Labute approximate surface area is 108 Å². The van der Waals surface area contributed by atoms with E-state index < -0.39 is 71.1 Å². The molecule has 19 heavy (non-hydrogen) atoms. The summed E-state index contributed by atoms with van der Waals surface area (Å²) in [4.78, 5) is 0. The maximum absolute atomic E-state index is 13.6. The van der Waals surface area contributed by atoms with E-state index >= 15 is 0 Å². The highest BCUT2D eigenvalue weighted by atomic mass is 27.1. The normalized spacial score (nSPS) is 11.4. The number of fused-ring (bicyclic) bond motifs is 1. The van der Waals surface area contributed by atoms with Gasteiger partial charge in [-0.15, -0.1) is 0 Å². The molecule has 0 fully saturated rings. The molecule has 0 N–H and O–H groups in total. The average molecular weight is 295 g/mol. The Morgan fingerprint density at radius 2 is 0.895 bits per heavy atom. The van der Waals surface area contributed by atoms with Gasteiger partial charge in [-0.3, -0.25) is 10.2 Å². The summed E-state index contributed by atoms with van der Waals surface area (Å²) in [5.41, 5.74) is 0. The molecule has 0 heterocycles. The van der Waals surface area contributed by atoms with E-state index in [9.17, 15) is 30.7 Å². The number of benzene rings is 2. The minimum atomic E-state index is -2.27. The van der Waals surface area contributed by atoms with E-state index in [0.717, 1.165) is 0 Å². The molecule has 100 valence electrons. The third-order valence-corrected chi connectivity index (χ3v) is 3.79. The lowest BCUT2D eigenvalue weighted by molar-refractivity contribution is 0.411. The van der Waals surface area contributed by atoms with E-state index in [-0.39, 0.29) is 0 Å². The predicted octanol–water partition coefficient (Wildman–Crippen LogP) is 3.19. The minimum Gasteiger partial charge on any atom is -0.265 e. The predicted molar refractivity (Wildman–Crippen MR) is 54.9 cm³/mol. The van der Waals surface area contributed by atoms with Gasteiger partial charge in [0, 0.05) is 0 Å². The van der Waals surface area contributed by atoms with Gasteiger partial charge in [-0.25, -0.2) is 46.0 Å². The first-order chi connectivity index (χ1) is 8.82. The number of halogens is 7. The number of rotatable bonds is 1. The zero-order chi connectivity index (χ0) is 14.5. The van der Waals surface area contributed by atoms with E-state index in [1.165, 1.54) is 5.79 Å². The summed E-state index contributed by atoms with van der Waals surface area (Å²) in [7, 11) is 0. The van der Waals surface area contributed by atoms with Crippen LogP contribution in [0.25, 0.3) is 10.8 Å². The van der Waals surface area contributed by atoms with Crippen LogP contribution in [0.4, 0.5) is 30.7 Å². The summed E-state index contributed by atoms with van der Waals surface area (Å²) in [6.07, 6.45) is 0. The van der Waals surface area contributed by atoms with E-state index in [4.69, 9.17) is 0 Å². The molecule has 8 heteroatoms. The van der Waals surface area contributed by atoms with Gasteiger partial charge in [0.05, 0.1) is 5.39 Å². The lowest BCUT2D eigenvalue weighted by Crippen LogP contribution is -2.23. The van der Waals surface area contributed by atoms with Crippen LogP contribution in [0.3, 0.4) is 0 Å². The largest absolute Gasteiger partial charge is 0.265 e. The Morgan fingerprint density at radius 1 is 0.526 bits per heavy atom. The maximum atomic E-state index is 13.6. The first-order valence-corrected chi connectivity index (χ1v) is 6.67. The lowest BCUT2D eigenvalue weighted by Gasteiger charge is -2.19. The van der Waals surface area contributed by atoms with Crippen LogP contribution in [-0.4, -0.2) is 15.2 Å². The van der Waals surface area contributed by atoms with Gasteiger partial charge < -0.3 is 0 Å². The number of hydrogen-bond donors (Lipinski definition) is 0. The van der Waals surface area contributed by atoms with Gasteiger partial charge >= 0.3 is 0 Å². The Balaban J connectivity index is 3.21. The second-order valence-corrected chi connectivity index (χ2v) is 4.80. The van der Waals surface area contributed by atoms with Gasteiger partial charge in [-0.1, -0.05) is 0 Å². The van der Waals surface area contributed by atoms with Gasteiger partial charge in [0.25, 0.3) is 0 Å². The van der Waals surface area contributed by atoms with Crippen LogP contribution in [0.5, 0.6) is 0 Å². The number of hydrogen-bond acceptors (Lipinski definition) is 0. The van der Waals surface area contributed by atoms with Crippen molar-refractivity contribution in [1.82, 2.24) is 0 Å². The van der Waals surface area contributed by atoms with Crippen molar-refractivity contribution in [1.29, 1.82) is 0 Å². The average Bonchev–Trinajstić information content (AvgIpc) is 2.40. The molecule has 0 unspecified atom stereocenters. The first kappa shape index (κ1) is 14.2. The molecular weight excluding hydrogens is 292 g/mol. The zero-order valence-electron chi connectivity index (χ0n) is 9.22. The monoisotopic (exact) mass is 295 g/mol. The molecule has 0 saturated carbocycles. The highest BCUT2D eigenvalue weighted by molar-refractivity contribution is 6.56. The summed E-state index contributed by atoms with van der Waals surface area (Å²) >= 11 is -1.13. The molecule has 0 aliphatic heterocycles. The van der Waals surface area contributed by atoms with Crippen LogP contribution in [0.1, 0.15) is 0 Å². The smallest absolute Gasteiger partial charge is 0.198 e. The summed E-state index contributed by atoms with van der Waals surface area (Å²) in [5, 5.41) is -2.51. The molecule has 2 radical (unpaired) electrons. The SMILES string of the molecule is [CH3][Al-][c]1c(F)c(F)c(F)c2c(F)c(F)c(F)c(F)c12. The molecule has 0 saturated heterocycles. The Bertz CT molecular complexity index is 688. The van der Waals surface area contributed by atoms with Gasteiger partial charge in [0.15, 0.2) is 34.9 Å². The Hall–Kier alpha value is -1.26. The minimum absolute atomic E-state index is 0.677. The fraction of sp³-hybridized carbons (Fsp3) is 0.0909. The molecule has 0 nitrogen and oxygen atoms in total. The van der Waals surface area contributed by atoms with Gasteiger partial charge in [-0.2, -0.15) is 0 Å². The fourth-order valence-electron chi connectivity index (χ4n) is 1.80. The van der Waals surface area contributed by atoms with Crippen molar-refractivity contribution in [2.24, 2.45) is 0 Å². The van der Waals surface area contributed by atoms with E-state index in [0.29, 0.717) is 0 Å². The van der Waals surface area contributed by atoms with Crippen LogP contribution in [-0.2, 0) is 0 Å². The van der Waals surface area contributed by atoms with Crippen molar-refractivity contribution in [3.8, 4) is 0 Å². The van der Waals surface area contributed by atoms with E-state index in [1.54, 1.807) is 0 Å². The van der Waals surface area contributed by atoms with Crippen LogP contribution < -0.4 is 4.43 Å². The second-order valence-electron chi connectivity index (χ2n) is 3.65. The standard InChI is InChI=1S/C10F7.CH3.Al/c11-3-1-2-4(7(14)6(3)13)8(15)10(17)9(16)5(2)12;;/h;1H3;/q;;-1. The highest BCUT2D eigenvalue weighted by Gasteiger charge is 2.26. The van der Waals surface area contributed by atoms with Crippen molar-refractivity contribution >= 4 is 30.4 Å². The lowest BCUT2D eigenvalue weighted by atomic mass is 10.1. The van der Waals surface area contributed by atoms with Crippen molar-refractivity contribution < 1.29 is 30.7 Å².